The zero-order valence-corrected chi connectivity index (χ0v) is 10.3. The van der Waals surface area contributed by atoms with Gasteiger partial charge >= 0.3 is 0 Å². The van der Waals surface area contributed by atoms with Crippen molar-refractivity contribution in [2.75, 3.05) is 5.73 Å². The van der Waals surface area contributed by atoms with Crippen LogP contribution in [0, 0.1) is 19.3 Å². The van der Waals surface area contributed by atoms with E-state index in [9.17, 15) is 4.79 Å². The van der Waals surface area contributed by atoms with Crippen molar-refractivity contribution >= 4 is 11.6 Å². The van der Waals surface area contributed by atoms with Crippen LogP contribution in [0.4, 0.5) is 5.69 Å². The molecule has 3 N–H and O–H groups in total. The van der Waals surface area contributed by atoms with Crippen molar-refractivity contribution in [1.29, 1.82) is 0 Å². The molecule has 17 heavy (non-hydrogen) atoms. The summed E-state index contributed by atoms with van der Waals surface area (Å²) in [5, 5.41) is 2.91. The van der Waals surface area contributed by atoms with Crippen LogP contribution in [0.5, 0.6) is 0 Å². The molecule has 0 aliphatic rings. The number of anilines is 1. The lowest BCUT2D eigenvalue weighted by molar-refractivity contribution is 0.0936. The Morgan fingerprint density at radius 3 is 2.88 bits per heavy atom. The number of nitrogens with two attached hydrogens (primary N) is 1. The van der Waals surface area contributed by atoms with E-state index in [0.29, 0.717) is 17.7 Å². The van der Waals surface area contributed by atoms with Gasteiger partial charge in [0.05, 0.1) is 0 Å². The summed E-state index contributed by atoms with van der Waals surface area (Å²) in [6, 6.07) is 5.33. The standard InChI is InChI=1S/C14H18N2O/c1-4-6-12(5-2)16-14(17)13-9-11(15)8-7-10(13)3/h1,7-9,12H,5-6,15H2,2-3H3,(H,16,17). The van der Waals surface area contributed by atoms with E-state index in [4.69, 9.17) is 12.2 Å². The molecular weight excluding hydrogens is 212 g/mol. The highest BCUT2D eigenvalue weighted by Gasteiger charge is 2.13. The number of hydrogen-bond donors (Lipinski definition) is 2. The van der Waals surface area contributed by atoms with Crippen molar-refractivity contribution in [1.82, 2.24) is 5.32 Å². The van der Waals surface area contributed by atoms with E-state index in [0.717, 1.165) is 12.0 Å². The molecule has 0 heterocycles. The maximum absolute atomic E-state index is 12.0. The SMILES string of the molecule is C#CCC(CC)NC(=O)c1cc(N)ccc1C. The Balaban J connectivity index is 2.82. The molecule has 3 heteroatoms. The van der Waals surface area contributed by atoms with Gasteiger partial charge in [-0.1, -0.05) is 13.0 Å². The van der Waals surface area contributed by atoms with E-state index < -0.39 is 0 Å². The van der Waals surface area contributed by atoms with E-state index in [1.807, 2.05) is 19.9 Å². The van der Waals surface area contributed by atoms with Gasteiger partial charge in [-0.15, -0.1) is 12.3 Å². The number of aryl methyl sites for hydroxylation is 1. The fraction of sp³-hybridized carbons (Fsp3) is 0.357. The average Bonchev–Trinajstić information content (AvgIpc) is 2.31. The van der Waals surface area contributed by atoms with Gasteiger partial charge < -0.3 is 11.1 Å². The van der Waals surface area contributed by atoms with E-state index in [1.54, 1.807) is 12.1 Å². The van der Waals surface area contributed by atoms with Crippen LogP contribution < -0.4 is 11.1 Å². The number of terminal acetylenes is 1. The van der Waals surface area contributed by atoms with Crippen molar-refractivity contribution in [3.8, 4) is 12.3 Å². The van der Waals surface area contributed by atoms with Gasteiger partial charge in [-0.05, 0) is 31.0 Å². The summed E-state index contributed by atoms with van der Waals surface area (Å²) in [6.07, 6.45) is 6.61. The molecule has 90 valence electrons. The highest BCUT2D eigenvalue weighted by atomic mass is 16.1. The van der Waals surface area contributed by atoms with Crippen molar-refractivity contribution < 1.29 is 4.79 Å². The van der Waals surface area contributed by atoms with Crippen molar-refractivity contribution in [3.05, 3.63) is 29.3 Å². The second-order valence-electron chi connectivity index (χ2n) is 4.06. The minimum atomic E-state index is -0.114. The molecule has 0 radical (unpaired) electrons. The van der Waals surface area contributed by atoms with E-state index in [1.165, 1.54) is 0 Å². The molecule has 3 nitrogen and oxygen atoms in total. The first kappa shape index (κ1) is 13.1. The molecule has 0 aliphatic carbocycles. The molecule has 0 fully saturated rings. The first-order valence-electron chi connectivity index (χ1n) is 5.69. The number of nitrogen functional groups attached to an aromatic ring is 1. The summed E-state index contributed by atoms with van der Waals surface area (Å²) in [7, 11) is 0. The Morgan fingerprint density at radius 1 is 1.59 bits per heavy atom. The lowest BCUT2D eigenvalue weighted by Crippen LogP contribution is -2.34. The quantitative estimate of drug-likeness (QED) is 0.615. The maximum atomic E-state index is 12.0. The summed E-state index contributed by atoms with van der Waals surface area (Å²) in [6.45, 7) is 3.88. The fourth-order valence-corrected chi connectivity index (χ4v) is 1.59. The lowest BCUT2D eigenvalue weighted by atomic mass is 10.1. The highest BCUT2D eigenvalue weighted by Crippen LogP contribution is 2.13. The molecule has 0 bridgehead atoms. The monoisotopic (exact) mass is 230 g/mol. The van der Waals surface area contributed by atoms with Gasteiger partial charge in [0.25, 0.3) is 5.91 Å². The van der Waals surface area contributed by atoms with Crippen LogP contribution in [0.1, 0.15) is 35.7 Å². The second kappa shape index (κ2) is 5.95. The van der Waals surface area contributed by atoms with Crippen molar-refractivity contribution in [2.24, 2.45) is 0 Å². The predicted molar refractivity (Wildman–Crippen MR) is 70.6 cm³/mol. The average molecular weight is 230 g/mol. The summed E-state index contributed by atoms with van der Waals surface area (Å²) < 4.78 is 0. The number of hydrogen-bond acceptors (Lipinski definition) is 2. The summed E-state index contributed by atoms with van der Waals surface area (Å²) in [4.78, 5) is 12.0. The van der Waals surface area contributed by atoms with Crippen LogP contribution in [0.15, 0.2) is 18.2 Å². The van der Waals surface area contributed by atoms with Crippen molar-refractivity contribution in [2.45, 2.75) is 32.7 Å². The Morgan fingerprint density at radius 2 is 2.29 bits per heavy atom. The van der Waals surface area contributed by atoms with Crippen LogP contribution in [0.2, 0.25) is 0 Å². The number of carbonyl (C=O) groups is 1. The lowest BCUT2D eigenvalue weighted by Gasteiger charge is -2.15. The zero-order valence-electron chi connectivity index (χ0n) is 10.3. The number of carbonyl (C=O) groups excluding carboxylic acids is 1. The smallest absolute Gasteiger partial charge is 0.251 e. The maximum Gasteiger partial charge on any atom is 0.251 e. The van der Waals surface area contributed by atoms with Gasteiger partial charge in [-0.25, -0.2) is 0 Å². The molecule has 0 saturated carbocycles. The van der Waals surface area contributed by atoms with Crippen LogP contribution >= 0.6 is 0 Å². The molecule has 1 aromatic carbocycles. The zero-order chi connectivity index (χ0) is 12.8. The first-order chi connectivity index (χ1) is 8.08. The Hall–Kier alpha value is -1.95. The Kier molecular flexibility index (Phi) is 4.59. The van der Waals surface area contributed by atoms with Crippen molar-refractivity contribution in [3.63, 3.8) is 0 Å². The molecular formula is C14H18N2O. The molecule has 1 unspecified atom stereocenters. The molecule has 0 aromatic heterocycles. The topological polar surface area (TPSA) is 55.1 Å². The minimum absolute atomic E-state index is 0.0216. The third kappa shape index (κ3) is 3.53. The van der Waals surface area contributed by atoms with Gasteiger partial charge in [0.1, 0.15) is 0 Å². The van der Waals surface area contributed by atoms with Gasteiger partial charge in [-0.2, -0.15) is 0 Å². The highest BCUT2D eigenvalue weighted by molar-refractivity contribution is 5.96. The van der Waals surface area contributed by atoms with Gasteiger partial charge in [0.2, 0.25) is 0 Å². The molecule has 1 amide bonds. The third-order valence-corrected chi connectivity index (χ3v) is 2.70. The Labute approximate surface area is 102 Å². The van der Waals surface area contributed by atoms with Crippen LogP contribution in [0.3, 0.4) is 0 Å². The minimum Gasteiger partial charge on any atom is -0.399 e. The van der Waals surface area contributed by atoms with Crippen LogP contribution in [-0.4, -0.2) is 11.9 Å². The summed E-state index contributed by atoms with van der Waals surface area (Å²) in [5.74, 6) is 2.45. The normalized spacial score (nSPS) is 11.6. The Bertz CT molecular complexity index is 446. The molecule has 1 aromatic rings. The largest absolute Gasteiger partial charge is 0.399 e. The molecule has 1 rings (SSSR count). The first-order valence-corrected chi connectivity index (χ1v) is 5.69. The van der Waals surface area contributed by atoms with E-state index >= 15 is 0 Å². The molecule has 0 spiro atoms. The number of benzene rings is 1. The number of rotatable bonds is 4. The third-order valence-electron chi connectivity index (χ3n) is 2.70. The van der Waals surface area contributed by atoms with E-state index in [2.05, 4.69) is 11.2 Å². The second-order valence-corrected chi connectivity index (χ2v) is 4.06. The van der Waals surface area contributed by atoms with Crippen LogP contribution in [-0.2, 0) is 0 Å². The van der Waals surface area contributed by atoms with Gasteiger partial charge in [0, 0.05) is 23.7 Å². The molecule has 1 atom stereocenters. The number of amides is 1. The summed E-state index contributed by atoms with van der Waals surface area (Å²) in [5.41, 5.74) is 7.78. The van der Waals surface area contributed by atoms with E-state index in [-0.39, 0.29) is 11.9 Å². The predicted octanol–water partition coefficient (Wildman–Crippen LogP) is 2.11. The fourth-order valence-electron chi connectivity index (χ4n) is 1.59. The number of nitrogens with one attached hydrogen (secondary N) is 1. The van der Waals surface area contributed by atoms with Gasteiger partial charge in [0.15, 0.2) is 0 Å². The van der Waals surface area contributed by atoms with Gasteiger partial charge in [-0.3, -0.25) is 4.79 Å². The van der Waals surface area contributed by atoms with Crippen LogP contribution in [0.25, 0.3) is 0 Å². The summed E-state index contributed by atoms with van der Waals surface area (Å²) >= 11 is 0. The molecule has 0 saturated heterocycles. The molecule has 0 aliphatic heterocycles.